The summed E-state index contributed by atoms with van der Waals surface area (Å²) in [5.41, 5.74) is 2.27. The van der Waals surface area contributed by atoms with Gasteiger partial charge in [-0.25, -0.2) is 4.98 Å². The third-order valence-corrected chi connectivity index (χ3v) is 4.14. The summed E-state index contributed by atoms with van der Waals surface area (Å²) in [5.74, 6) is 0.909. The Morgan fingerprint density at radius 1 is 1.05 bits per heavy atom. The standard InChI is InChI=1S/C17H21NOS.C2H6/c1-14-8-4-5-9-15(14)17(2,3)19-12-13-20-16-10-6-7-11-18-16;1-2/h4-11H,12-13H2,1-3H3;1-2H3. The molecule has 0 aliphatic rings. The Balaban J connectivity index is 0.00000116. The molecule has 0 atom stereocenters. The predicted octanol–water partition coefficient (Wildman–Crippen LogP) is 5.46. The molecule has 1 heterocycles. The second-order valence-electron chi connectivity index (χ2n) is 5.19. The van der Waals surface area contributed by atoms with Crippen molar-refractivity contribution in [3.63, 3.8) is 0 Å². The highest BCUT2D eigenvalue weighted by atomic mass is 32.2. The molecule has 2 aromatic rings. The van der Waals surface area contributed by atoms with Gasteiger partial charge in [0.1, 0.15) is 0 Å². The molecule has 0 radical (unpaired) electrons. The zero-order chi connectivity index (χ0) is 16.4. The Morgan fingerprint density at radius 2 is 1.73 bits per heavy atom. The van der Waals surface area contributed by atoms with Crippen molar-refractivity contribution in [1.29, 1.82) is 0 Å². The Hall–Kier alpha value is -1.32. The minimum Gasteiger partial charge on any atom is -0.370 e. The van der Waals surface area contributed by atoms with E-state index in [0.29, 0.717) is 6.61 Å². The summed E-state index contributed by atoms with van der Waals surface area (Å²) in [7, 11) is 0. The fourth-order valence-corrected chi connectivity index (χ4v) is 2.89. The largest absolute Gasteiger partial charge is 0.370 e. The molecule has 1 aromatic carbocycles. The van der Waals surface area contributed by atoms with E-state index in [1.807, 2.05) is 38.2 Å². The van der Waals surface area contributed by atoms with Gasteiger partial charge in [-0.1, -0.05) is 44.2 Å². The first-order chi connectivity index (χ1) is 10.6. The van der Waals surface area contributed by atoms with Crippen molar-refractivity contribution in [2.75, 3.05) is 12.4 Å². The number of ether oxygens (including phenoxy) is 1. The molecule has 0 aliphatic carbocycles. The summed E-state index contributed by atoms with van der Waals surface area (Å²) in [6.45, 7) is 11.1. The number of aromatic nitrogens is 1. The summed E-state index contributed by atoms with van der Waals surface area (Å²) in [5, 5.41) is 1.05. The monoisotopic (exact) mass is 317 g/mol. The van der Waals surface area contributed by atoms with E-state index in [1.165, 1.54) is 11.1 Å². The highest BCUT2D eigenvalue weighted by Crippen LogP contribution is 2.27. The summed E-state index contributed by atoms with van der Waals surface area (Å²) in [6, 6.07) is 14.4. The number of hydrogen-bond donors (Lipinski definition) is 0. The molecule has 0 amide bonds. The molecule has 3 heteroatoms. The van der Waals surface area contributed by atoms with Gasteiger partial charge in [0.15, 0.2) is 0 Å². The SMILES string of the molecule is CC.Cc1ccccc1C(C)(C)OCCSc1ccccn1. The molecule has 1 aromatic heterocycles. The van der Waals surface area contributed by atoms with Crippen LogP contribution in [0.25, 0.3) is 0 Å². The van der Waals surface area contributed by atoms with Crippen molar-refractivity contribution in [2.24, 2.45) is 0 Å². The fraction of sp³-hybridized carbons (Fsp3) is 0.421. The van der Waals surface area contributed by atoms with Gasteiger partial charge in [-0.3, -0.25) is 0 Å². The third-order valence-electron chi connectivity index (χ3n) is 3.23. The zero-order valence-electron chi connectivity index (χ0n) is 14.3. The van der Waals surface area contributed by atoms with Gasteiger partial charge in [-0.05, 0) is 44.0 Å². The second-order valence-corrected chi connectivity index (χ2v) is 6.31. The van der Waals surface area contributed by atoms with Crippen molar-refractivity contribution >= 4 is 11.8 Å². The number of benzene rings is 1. The second kappa shape index (κ2) is 9.65. The maximum absolute atomic E-state index is 6.07. The molecule has 0 aliphatic heterocycles. The summed E-state index contributed by atoms with van der Waals surface area (Å²) < 4.78 is 6.07. The minimum absolute atomic E-state index is 0.254. The Labute approximate surface area is 139 Å². The quantitative estimate of drug-likeness (QED) is 0.521. The van der Waals surface area contributed by atoms with Crippen LogP contribution in [0.1, 0.15) is 38.8 Å². The van der Waals surface area contributed by atoms with Gasteiger partial charge in [0.25, 0.3) is 0 Å². The Morgan fingerprint density at radius 3 is 2.36 bits per heavy atom. The lowest BCUT2D eigenvalue weighted by Crippen LogP contribution is -2.24. The van der Waals surface area contributed by atoms with Gasteiger partial charge in [-0.15, -0.1) is 11.8 Å². The molecular formula is C19H27NOS. The molecule has 0 bridgehead atoms. The van der Waals surface area contributed by atoms with Crippen LogP contribution in [-0.2, 0) is 10.3 Å². The first-order valence-corrected chi connectivity index (χ1v) is 8.82. The molecule has 2 rings (SSSR count). The normalized spacial score (nSPS) is 10.8. The highest BCUT2D eigenvalue weighted by molar-refractivity contribution is 7.99. The lowest BCUT2D eigenvalue weighted by atomic mass is 9.94. The van der Waals surface area contributed by atoms with Crippen LogP contribution >= 0.6 is 11.8 Å². The number of pyridine rings is 1. The van der Waals surface area contributed by atoms with Gasteiger partial charge in [-0.2, -0.15) is 0 Å². The van der Waals surface area contributed by atoms with E-state index < -0.39 is 0 Å². The molecule has 0 spiro atoms. The van der Waals surface area contributed by atoms with Crippen LogP contribution < -0.4 is 0 Å². The molecular weight excluding hydrogens is 290 g/mol. The molecule has 0 N–H and O–H groups in total. The van der Waals surface area contributed by atoms with E-state index in [0.717, 1.165) is 10.8 Å². The van der Waals surface area contributed by atoms with E-state index in [9.17, 15) is 0 Å². The first kappa shape index (κ1) is 18.7. The number of thioether (sulfide) groups is 1. The van der Waals surface area contributed by atoms with Gasteiger partial charge in [0.05, 0.1) is 17.2 Å². The van der Waals surface area contributed by atoms with Crippen LogP contribution in [0.4, 0.5) is 0 Å². The number of aryl methyl sites for hydroxylation is 1. The molecule has 0 unspecified atom stereocenters. The van der Waals surface area contributed by atoms with Crippen molar-refractivity contribution in [2.45, 2.75) is 45.2 Å². The predicted molar refractivity (Wildman–Crippen MR) is 96.5 cm³/mol. The Kier molecular flexibility index (Phi) is 8.21. The van der Waals surface area contributed by atoms with Crippen LogP contribution in [0.3, 0.4) is 0 Å². The van der Waals surface area contributed by atoms with Gasteiger partial charge in [0.2, 0.25) is 0 Å². The van der Waals surface area contributed by atoms with Crippen LogP contribution in [0.2, 0.25) is 0 Å². The van der Waals surface area contributed by atoms with E-state index in [4.69, 9.17) is 4.74 Å². The topological polar surface area (TPSA) is 22.1 Å². The molecule has 0 fully saturated rings. The van der Waals surface area contributed by atoms with E-state index >= 15 is 0 Å². The van der Waals surface area contributed by atoms with E-state index in [2.05, 4.69) is 50.0 Å². The molecule has 2 nitrogen and oxygen atoms in total. The lowest BCUT2D eigenvalue weighted by Gasteiger charge is -2.27. The van der Waals surface area contributed by atoms with Gasteiger partial charge in [0, 0.05) is 11.9 Å². The zero-order valence-corrected chi connectivity index (χ0v) is 15.1. The number of rotatable bonds is 6. The highest BCUT2D eigenvalue weighted by Gasteiger charge is 2.22. The smallest absolute Gasteiger partial charge is 0.0960 e. The van der Waals surface area contributed by atoms with Crippen LogP contribution in [0.15, 0.2) is 53.7 Å². The summed E-state index contributed by atoms with van der Waals surface area (Å²) in [6.07, 6.45) is 1.82. The fourth-order valence-electron chi connectivity index (χ4n) is 2.20. The summed E-state index contributed by atoms with van der Waals surface area (Å²) in [4.78, 5) is 4.29. The van der Waals surface area contributed by atoms with Crippen molar-refractivity contribution in [3.8, 4) is 0 Å². The molecule has 0 saturated carbocycles. The first-order valence-electron chi connectivity index (χ1n) is 7.83. The van der Waals surface area contributed by atoms with Crippen molar-refractivity contribution in [3.05, 3.63) is 59.8 Å². The Bertz CT molecular complexity index is 540. The van der Waals surface area contributed by atoms with Crippen molar-refractivity contribution < 1.29 is 4.74 Å². The number of hydrogen-bond acceptors (Lipinski definition) is 3. The average molecular weight is 317 g/mol. The minimum atomic E-state index is -0.254. The third kappa shape index (κ3) is 5.82. The molecule has 0 saturated heterocycles. The summed E-state index contributed by atoms with van der Waals surface area (Å²) >= 11 is 1.72. The maximum Gasteiger partial charge on any atom is 0.0960 e. The van der Waals surface area contributed by atoms with Gasteiger partial charge < -0.3 is 4.74 Å². The molecule has 22 heavy (non-hydrogen) atoms. The average Bonchev–Trinajstić information content (AvgIpc) is 2.55. The van der Waals surface area contributed by atoms with Gasteiger partial charge >= 0.3 is 0 Å². The van der Waals surface area contributed by atoms with Crippen LogP contribution in [-0.4, -0.2) is 17.3 Å². The maximum atomic E-state index is 6.07. The van der Waals surface area contributed by atoms with Crippen molar-refractivity contribution in [1.82, 2.24) is 4.98 Å². The number of nitrogens with zero attached hydrogens (tertiary/aromatic N) is 1. The van der Waals surface area contributed by atoms with E-state index in [1.54, 1.807) is 11.8 Å². The van der Waals surface area contributed by atoms with Crippen LogP contribution in [0.5, 0.6) is 0 Å². The molecule has 120 valence electrons. The van der Waals surface area contributed by atoms with Crippen LogP contribution in [0, 0.1) is 6.92 Å². The van der Waals surface area contributed by atoms with E-state index in [-0.39, 0.29) is 5.60 Å². The lowest BCUT2D eigenvalue weighted by molar-refractivity contribution is -0.0129.